The molecule has 1 heterocycles. The number of carbonyl (C=O) groups is 1. The van der Waals surface area contributed by atoms with Crippen LogP contribution in [0.5, 0.6) is 5.75 Å². The van der Waals surface area contributed by atoms with Crippen molar-refractivity contribution in [1.82, 2.24) is 4.98 Å². The lowest BCUT2D eigenvalue weighted by molar-refractivity contribution is 0.112. The normalized spacial score (nSPS) is 10.4. The standard InChI is InChI=1S/C10H8ClNO2/c1-14-9-3-2-8(11)7-4-6(5-13)12-10(7)9/h2-5,12H,1H3. The minimum absolute atomic E-state index is 0.492. The van der Waals surface area contributed by atoms with Gasteiger partial charge in [0.15, 0.2) is 6.29 Å². The van der Waals surface area contributed by atoms with Crippen molar-refractivity contribution in [1.29, 1.82) is 0 Å². The van der Waals surface area contributed by atoms with Gasteiger partial charge in [-0.2, -0.15) is 0 Å². The molecule has 0 saturated carbocycles. The molecule has 2 rings (SSSR count). The molecule has 0 aliphatic heterocycles. The number of carbonyl (C=O) groups excluding carboxylic acids is 1. The van der Waals surface area contributed by atoms with E-state index in [4.69, 9.17) is 16.3 Å². The average molecular weight is 210 g/mol. The number of aldehydes is 1. The second-order valence-electron chi connectivity index (χ2n) is 2.88. The van der Waals surface area contributed by atoms with Crippen molar-refractivity contribution in [2.45, 2.75) is 0 Å². The number of rotatable bonds is 2. The van der Waals surface area contributed by atoms with Gasteiger partial charge in [-0.3, -0.25) is 4.79 Å². The number of hydrogen-bond donors (Lipinski definition) is 1. The van der Waals surface area contributed by atoms with Gasteiger partial charge in [-0.15, -0.1) is 0 Å². The van der Waals surface area contributed by atoms with Gasteiger partial charge in [0.05, 0.1) is 23.3 Å². The van der Waals surface area contributed by atoms with Gasteiger partial charge in [0.25, 0.3) is 0 Å². The number of aromatic amines is 1. The van der Waals surface area contributed by atoms with Gasteiger partial charge in [0.1, 0.15) is 5.75 Å². The minimum Gasteiger partial charge on any atom is -0.495 e. The van der Waals surface area contributed by atoms with Crippen molar-refractivity contribution in [3.05, 3.63) is 28.9 Å². The highest BCUT2D eigenvalue weighted by atomic mass is 35.5. The summed E-state index contributed by atoms with van der Waals surface area (Å²) in [6.45, 7) is 0. The van der Waals surface area contributed by atoms with Gasteiger partial charge in [-0.1, -0.05) is 11.6 Å². The summed E-state index contributed by atoms with van der Waals surface area (Å²) >= 11 is 5.96. The van der Waals surface area contributed by atoms with Gasteiger partial charge in [-0.25, -0.2) is 0 Å². The van der Waals surface area contributed by atoms with E-state index in [-0.39, 0.29) is 0 Å². The number of aromatic nitrogens is 1. The Hall–Kier alpha value is -1.48. The van der Waals surface area contributed by atoms with Crippen LogP contribution in [-0.2, 0) is 0 Å². The second kappa shape index (κ2) is 3.35. The number of ether oxygens (including phenoxy) is 1. The molecule has 1 N–H and O–H groups in total. The lowest BCUT2D eigenvalue weighted by atomic mass is 10.2. The summed E-state index contributed by atoms with van der Waals surface area (Å²) in [5.41, 5.74) is 1.24. The molecule has 0 aliphatic rings. The van der Waals surface area contributed by atoms with Crippen LogP contribution < -0.4 is 4.74 Å². The van der Waals surface area contributed by atoms with Crippen LogP contribution in [0.2, 0.25) is 5.02 Å². The fourth-order valence-electron chi connectivity index (χ4n) is 1.41. The first-order chi connectivity index (χ1) is 6.76. The monoisotopic (exact) mass is 209 g/mol. The zero-order valence-corrected chi connectivity index (χ0v) is 8.26. The second-order valence-corrected chi connectivity index (χ2v) is 3.29. The van der Waals surface area contributed by atoms with E-state index < -0.39 is 0 Å². The highest BCUT2D eigenvalue weighted by Crippen LogP contribution is 2.31. The van der Waals surface area contributed by atoms with Gasteiger partial charge in [0, 0.05) is 5.39 Å². The molecule has 1 aromatic carbocycles. The number of hydrogen-bond acceptors (Lipinski definition) is 2. The third-order valence-corrected chi connectivity index (χ3v) is 2.40. The fourth-order valence-corrected chi connectivity index (χ4v) is 1.63. The zero-order valence-electron chi connectivity index (χ0n) is 7.50. The number of benzene rings is 1. The van der Waals surface area contributed by atoms with E-state index >= 15 is 0 Å². The van der Waals surface area contributed by atoms with Crippen LogP contribution in [-0.4, -0.2) is 18.4 Å². The molecule has 0 fully saturated rings. The van der Waals surface area contributed by atoms with Crippen molar-refractivity contribution in [2.24, 2.45) is 0 Å². The molecule has 0 atom stereocenters. The van der Waals surface area contributed by atoms with Crippen molar-refractivity contribution in [2.75, 3.05) is 7.11 Å². The van der Waals surface area contributed by atoms with Gasteiger partial charge in [0.2, 0.25) is 0 Å². The number of halogens is 1. The third-order valence-electron chi connectivity index (χ3n) is 2.07. The number of methoxy groups -OCH3 is 1. The molecule has 0 spiro atoms. The summed E-state index contributed by atoms with van der Waals surface area (Å²) < 4.78 is 5.13. The van der Waals surface area contributed by atoms with Crippen molar-refractivity contribution >= 4 is 28.8 Å². The van der Waals surface area contributed by atoms with Crippen LogP contribution in [0.4, 0.5) is 0 Å². The van der Waals surface area contributed by atoms with Crippen LogP contribution in [0.25, 0.3) is 10.9 Å². The van der Waals surface area contributed by atoms with Gasteiger partial charge >= 0.3 is 0 Å². The van der Waals surface area contributed by atoms with Crippen molar-refractivity contribution < 1.29 is 9.53 Å². The first kappa shape index (κ1) is 9.09. The summed E-state index contributed by atoms with van der Waals surface area (Å²) in [4.78, 5) is 13.5. The van der Waals surface area contributed by atoms with Crippen LogP contribution in [0, 0.1) is 0 Å². The zero-order chi connectivity index (χ0) is 10.1. The number of nitrogens with one attached hydrogen (secondary N) is 1. The Labute approximate surface area is 85.6 Å². The molecule has 0 unspecified atom stereocenters. The first-order valence-electron chi connectivity index (χ1n) is 4.06. The smallest absolute Gasteiger partial charge is 0.166 e. The topological polar surface area (TPSA) is 42.1 Å². The Morgan fingerprint density at radius 3 is 2.93 bits per heavy atom. The molecule has 3 nitrogen and oxygen atoms in total. The van der Waals surface area contributed by atoms with Crippen molar-refractivity contribution in [3.63, 3.8) is 0 Å². The minimum atomic E-state index is 0.492. The Bertz CT molecular complexity index is 490. The van der Waals surface area contributed by atoms with E-state index in [0.29, 0.717) is 16.5 Å². The number of H-pyrrole nitrogens is 1. The Morgan fingerprint density at radius 1 is 1.50 bits per heavy atom. The molecule has 0 aliphatic carbocycles. The Kier molecular flexibility index (Phi) is 2.17. The van der Waals surface area contributed by atoms with E-state index in [0.717, 1.165) is 17.2 Å². The maximum atomic E-state index is 10.6. The lowest BCUT2D eigenvalue weighted by Crippen LogP contribution is -1.84. The maximum Gasteiger partial charge on any atom is 0.166 e. The molecule has 72 valence electrons. The summed E-state index contributed by atoms with van der Waals surface area (Å²) in [6, 6.07) is 5.20. The quantitative estimate of drug-likeness (QED) is 0.773. The lowest BCUT2D eigenvalue weighted by Gasteiger charge is -2.01. The average Bonchev–Trinajstić information content (AvgIpc) is 2.63. The molecule has 2 aromatic rings. The van der Waals surface area contributed by atoms with E-state index in [1.54, 1.807) is 25.3 Å². The molecule has 4 heteroatoms. The maximum absolute atomic E-state index is 10.6. The molecule has 0 bridgehead atoms. The first-order valence-corrected chi connectivity index (χ1v) is 4.44. The van der Waals surface area contributed by atoms with Gasteiger partial charge in [-0.05, 0) is 18.2 Å². The van der Waals surface area contributed by atoms with E-state index in [1.807, 2.05) is 0 Å². The summed E-state index contributed by atoms with van der Waals surface area (Å²) in [7, 11) is 1.57. The summed E-state index contributed by atoms with van der Waals surface area (Å²) in [5.74, 6) is 0.678. The highest BCUT2D eigenvalue weighted by Gasteiger charge is 2.08. The molecule has 1 aromatic heterocycles. The van der Waals surface area contributed by atoms with Crippen LogP contribution in [0.15, 0.2) is 18.2 Å². The highest BCUT2D eigenvalue weighted by molar-refractivity contribution is 6.35. The predicted octanol–water partition coefficient (Wildman–Crippen LogP) is 2.64. The Balaban J connectivity index is 2.81. The third kappa shape index (κ3) is 1.26. The Morgan fingerprint density at radius 2 is 2.29 bits per heavy atom. The summed E-state index contributed by atoms with van der Waals surface area (Å²) in [6.07, 6.45) is 0.746. The molecule has 0 radical (unpaired) electrons. The molecule has 0 saturated heterocycles. The van der Waals surface area contributed by atoms with E-state index in [2.05, 4.69) is 4.98 Å². The van der Waals surface area contributed by atoms with E-state index in [9.17, 15) is 4.79 Å². The SMILES string of the molecule is COc1ccc(Cl)c2cc(C=O)[nH]c12. The van der Waals surface area contributed by atoms with Crippen LogP contribution >= 0.6 is 11.6 Å². The summed E-state index contributed by atoms with van der Waals surface area (Å²) in [5, 5.41) is 1.40. The van der Waals surface area contributed by atoms with Crippen LogP contribution in [0.1, 0.15) is 10.5 Å². The molecular formula is C10H8ClNO2. The predicted molar refractivity (Wildman–Crippen MR) is 55.2 cm³/mol. The fraction of sp³-hybridized carbons (Fsp3) is 0.100. The molecular weight excluding hydrogens is 202 g/mol. The molecule has 14 heavy (non-hydrogen) atoms. The van der Waals surface area contributed by atoms with Gasteiger partial charge < -0.3 is 9.72 Å². The number of fused-ring (bicyclic) bond motifs is 1. The molecule has 0 amide bonds. The van der Waals surface area contributed by atoms with Crippen LogP contribution in [0.3, 0.4) is 0 Å². The largest absolute Gasteiger partial charge is 0.495 e. The van der Waals surface area contributed by atoms with E-state index in [1.165, 1.54) is 0 Å². The van der Waals surface area contributed by atoms with Crippen molar-refractivity contribution in [3.8, 4) is 5.75 Å².